The fourth-order valence-electron chi connectivity index (χ4n) is 1.35. The molecule has 0 saturated carbocycles. The Morgan fingerprint density at radius 2 is 2.00 bits per heavy atom. The Labute approximate surface area is 103 Å². The van der Waals surface area contributed by atoms with Gasteiger partial charge in [-0.3, -0.25) is 4.79 Å². The van der Waals surface area contributed by atoms with E-state index in [-0.39, 0.29) is 0 Å². The van der Waals surface area contributed by atoms with Crippen molar-refractivity contribution in [2.75, 3.05) is 0 Å². The van der Waals surface area contributed by atoms with E-state index in [1.54, 1.807) is 24.3 Å². The second-order valence-electron chi connectivity index (χ2n) is 3.47. The van der Waals surface area contributed by atoms with Gasteiger partial charge in [-0.25, -0.2) is 4.79 Å². The maximum atomic E-state index is 11.8. The molecule has 4 heteroatoms. The number of benzene rings is 1. The van der Waals surface area contributed by atoms with Crippen LogP contribution in [-0.4, -0.2) is 12.3 Å². The summed E-state index contributed by atoms with van der Waals surface area (Å²) in [4.78, 5) is 23.2. The number of para-hydroxylation sites is 1. The highest BCUT2D eigenvalue weighted by Gasteiger charge is 2.12. The smallest absolute Gasteiger partial charge is 0.353 e. The van der Waals surface area contributed by atoms with Gasteiger partial charge < -0.3 is 4.74 Å². The van der Waals surface area contributed by atoms with Gasteiger partial charge in [-0.2, -0.15) is 0 Å². The first-order chi connectivity index (χ1) is 8.20. The predicted octanol–water partition coefficient (Wildman–Crippen LogP) is 3.09. The van der Waals surface area contributed by atoms with Gasteiger partial charge in [0, 0.05) is 0 Å². The molecule has 2 aromatic rings. The van der Waals surface area contributed by atoms with Crippen molar-refractivity contribution in [1.82, 2.24) is 0 Å². The molecule has 0 aliphatic carbocycles. The highest BCUT2D eigenvalue weighted by atomic mass is 32.1. The van der Waals surface area contributed by atoms with E-state index in [4.69, 9.17) is 4.74 Å². The van der Waals surface area contributed by atoms with Crippen molar-refractivity contribution in [2.45, 2.75) is 6.92 Å². The summed E-state index contributed by atoms with van der Waals surface area (Å²) < 4.78 is 5.24. The zero-order valence-corrected chi connectivity index (χ0v) is 9.99. The minimum absolute atomic E-state index is 0.426. The zero-order valence-electron chi connectivity index (χ0n) is 9.17. The fourth-order valence-corrected chi connectivity index (χ4v) is 2.05. The molecule has 0 aliphatic heterocycles. The molecule has 0 N–H and O–H groups in total. The van der Waals surface area contributed by atoms with Gasteiger partial charge in [0.2, 0.25) is 0 Å². The number of carbonyl (C=O) groups is 2. The molecule has 0 spiro atoms. The minimum atomic E-state index is -0.433. The van der Waals surface area contributed by atoms with E-state index in [9.17, 15) is 9.59 Å². The van der Waals surface area contributed by atoms with Crippen LogP contribution in [0.4, 0.5) is 0 Å². The molecule has 86 valence electrons. The van der Waals surface area contributed by atoms with E-state index < -0.39 is 5.97 Å². The molecule has 0 unspecified atom stereocenters. The third-order valence-corrected chi connectivity index (χ3v) is 3.23. The van der Waals surface area contributed by atoms with Crippen molar-refractivity contribution in [3.05, 3.63) is 51.7 Å². The van der Waals surface area contributed by atoms with E-state index in [1.165, 1.54) is 0 Å². The maximum absolute atomic E-state index is 11.8. The van der Waals surface area contributed by atoms with E-state index in [1.807, 2.05) is 19.1 Å². The number of esters is 1. The summed E-state index contributed by atoms with van der Waals surface area (Å²) in [6, 6.07) is 10.5. The van der Waals surface area contributed by atoms with Crippen LogP contribution >= 0.6 is 11.3 Å². The average Bonchev–Trinajstić information content (AvgIpc) is 2.81. The standard InChI is InChI=1S/C13H10O3S/c1-9-4-2-3-5-11(9)16-13(15)12-7-6-10(8-14)17-12/h2-8H,1H3. The number of hydrogen-bond donors (Lipinski definition) is 0. The lowest BCUT2D eigenvalue weighted by atomic mass is 10.2. The molecule has 1 aromatic heterocycles. The highest BCUT2D eigenvalue weighted by molar-refractivity contribution is 7.15. The van der Waals surface area contributed by atoms with Gasteiger partial charge in [0.05, 0.1) is 4.88 Å². The van der Waals surface area contributed by atoms with Crippen LogP contribution in [0.1, 0.15) is 24.9 Å². The Kier molecular flexibility index (Phi) is 3.35. The molecule has 3 nitrogen and oxygen atoms in total. The van der Waals surface area contributed by atoms with Crippen molar-refractivity contribution in [1.29, 1.82) is 0 Å². The summed E-state index contributed by atoms with van der Waals surface area (Å²) in [5.74, 6) is 0.107. The summed E-state index contributed by atoms with van der Waals surface area (Å²) >= 11 is 1.12. The van der Waals surface area contributed by atoms with E-state index >= 15 is 0 Å². The van der Waals surface area contributed by atoms with Crippen molar-refractivity contribution in [2.24, 2.45) is 0 Å². The van der Waals surface area contributed by atoms with Crippen LogP contribution in [0.2, 0.25) is 0 Å². The highest BCUT2D eigenvalue weighted by Crippen LogP contribution is 2.20. The topological polar surface area (TPSA) is 43.4 Å². The summed E-state index contributed by atoms with van der Waals surface area (Å²) in [6.07, 6.45) is 0.717. The number of hydrogen-bond acceptors (Lipinski definition) is 4. The Bertz CT molecular complexity index is 557. The van der Waals surface area contributed by atoms with Gasteiger partial charge in [-0.15, -0.1) is 11.3 Å². The molecule has 0 atom stereocenters. The molecule has 2 rings (SSSR count). The number of aldehydes is 1. The molecule has 0 aliphatic rings. The van der Waals surface area contributed by atoms with Crippen molar-refractivity contribution in [3.63, 3.8) is 0 Å². The second kappa shape index (κ2) is 4.93. The monoisotopic (exact) mass is 246 g/mol. The van der Waals surface area contributed by atoms with Crippen LogP contribution in [0.15, 0.2) is 36.4 Å². The average molecular weight is 246 g/mol. The lowest BCUT2D eigenvalue weighted by Crippen LogP contribution is -2.07. The third-order valence-electron chi connectivity index (χ3n) is 2.24. The molecule has 0 fully saturated rings. The van der Waals surface area contributed by atoms with Crippen LogP contribution in [0.5, 0.6) is 5.75 Å². The van der Waals surface area contributed by atoms with Crippen LogP contribution in [-0.2, 0) is 0 Å². The maximum Gasteiger partial charge on any atom is 0.353 e. The molecular weight excluding hydrogens is 236 g/mol. The van der Waals surface area contributed by atoms with Gasteiger partial charge >= 0.3 is 5.97 Å². The summed E-state index contributed by atoms with van der Waals surface area (Å²) in [5.41, 5.74) is 0.896. The molecule has 0 radical (unpaired) electrons. The molecule has 1 aromatic carbocycles. The lowest BCUT2D eigenvalue weighted by molar-refractivity contribution is 0.0738. The molecular formula is C13H10O3S. The SMILES string of the molecule is Cc1ccccc1OC(=O)c1ccc(C=O)s1. The number of thiophene rings is 1. The largest absolute Gasteiger partial charge is 0.422 e. The van der Waals surface area contributed by atoms with Gasteiger partial charge in [-0.1, -0.05) is 18.2 Å². The van der Waals surface area contributed by atoms with Crippen LogP contribution < -0.4 is 4.74 Å². The first kappa shape index (κ1) is 11.5. The van der Waals surface area contributed by atoms with Gasteiger partial charge in [0.25, 0.3) is 0 Å². The van der Waals surface area contributed by atoms with E-state index in [2.05, 4.69) is 0 Å². The summed E-state index contributed by atoms with van der Waals surface area (Å²) in [6.45, 7) is 1.87. The Hall–Kier alpha value is -1.94. The molecule has 0 saturated heterocycles. The quantitative estimate of drug-likeness (QED) is 0.475. The fraction of sp³-hybridized carbons (Fsp3) is 0.0769. The van der Waals surface area contributed by atoms with Gasteiger partial charge in [-0.05, 0) is 30.7 Å². The number of aryl methyl sites for hydroxylation is 1. The van der Waals surface area contributed by atoms with Crippen molar-refractivity contribution < 1.29 is 14.3 Å². The van der Waals surface area contributed by atoms with Crippen LogP contribution in [0.25, 0.3) is 0 Å². The Morgan fingerprint density at radius 1 is 1.24 bits per heavy atom. The minimum Gasteiger partial charge on any atom is -0.422 e. The van der Waals surface area contributed by atoms with Crippen LogP contribution in [0, 0.1) is 6.92 Å². The first-order valence-electron chi connectivity index (χ1n) is 5.03. The lowest BCUT2D eigenvalue weighted by Gasteiger charge is -2.05. The molecule has 1 heterocycles. The predicted molar refractivity (Wildman–Crippen MR) is 65.8 cm³/mol. The molecule has 0 bridgehead atoms. The van der Waals surface area contributed by atoms with E-state index in [0.717, 1.165) is 23.2 Å². The molecule has 17 heavy (non-hydrogen) atoms. The number of carbonyl (C=O) groups excluding carboxylic acids is 2. The summed E-state index contributed by atoms with van der Waals surface area (Å²) in [7, 11) is 0. The zero-order chi connectivity index (χ0) is 12.3. The van der Waals surface area contributed by atoms with Crippen molar-refractivity contribution in [3.8, 4) is 5.75 Å². The second-order valence-corrected chi connectivity index (χ2v) is 4.59. The van der Waals surface area contributed by atoms with E-state index in [0.29, 0.717) is 15.5 Å². The Morgan fingerprint density at radius 3 is 2.65 bits per heavy atom. The third kappa shape index (κ3) is 2.60. The first-order valence-corrected chi connectivity index (χ1v) is 5.85. The van der Waals surface area contributed by atoms with Gasteiger partial charge in [0.15, 0.2) is 6.29 Å². The Balaban J connectivity index is 2.17. The molecule has 0 amide bonds. The number of rotatable bonds is 3. The van der Waals surface area contributed by atoms with Gasteiger partial charge in [0.1, 0.15) is 10.6 Å². The van der Waals surface area contributed by atoms with Crippen molar-refractivity contribution >= 4 is 23.6 Å². The normalized spacial score (nSPS) is 9.94. The van der Waals surface area contributed by atoms with Crippen LogP contribution in [0.3, 0.4) is 0 Å². The number of ether oxygens (including phenoxy) is 1. The summed E-state index contributed by atoms with van der Waals surface area (Å²) in [5, 5.41) is 0.